The smallest absolute Gasteiger partial charge is 0.255 e. The number of hydrogen-bond acceptors (Lipinski definition) is 4. The number of pyridine rings is 3. The normalized spacial score (nSPS) is 14.0. The van der Waals surface area contributed by atoms with Crippen LogP contribution in [0, 0.1) is 30.5 Å². The molecule has 1 atom stereocenters. The lowest BCUT2D eigenvalue weighted by Crippen LogP contribution is -2.25. The van der Waals surface area contributed by atoms with Crippen molar-refractivity contribution >= 4 is 0 Å². The number of aryl methyl sites for hydroxylation is 1. The molecular formula is C24H22FN3O2. The van der Waals surface area contributed by atoms with Gasteiger partial charge in [0.05, 0.1) is 6.04 Å². The van der Waals surface area contributed by atoms with E-state index in [-0.39, 0.29) is 23.9 Å². The van der Waals surface area contributed by atoms with Gasteiger partial charge in [0.2, 0.25) is 0 Å². The maximum absolute atomic E-state index is 13.7. The number of aromatic nitrogens is 3. The van der Waals surface area contributed by atoms with E-state index < -0.39 is 5.82 Å². The van der Waals surface area contributed by atoms with Crippen LogP contribution in [0.25, 0.3) is 0 Å². The summed E-state index contributed by atoms with van der Waals surface area (Å²) in [6.45, 7) is 3.75. The average Bonchev–Trinajstić information content (AvgIpc) is 3.56. The minimum atomic E-state index is -0.436. The first-order valence-corrected chi connectivity index (χ1v) is 9.94. The summed E-state index contributed by atoms with van der Waals surface area (Å²) in [7, 11) is 0. The molecule has 0 aromatic carbocycles. The van der Waals surface area contributed by atoms with Crippen LogP contribution >= 0.6 is 0 Å². The Labute approximate surface area is 174 Å². The maximum atomic E-state index is 13.7. The van der Waals surface area contributed by atoms with Crippen LogP contribution in [-0.4, -0.2) is 14.5 Å². The van der Waals surface area contributed by atoms with Gasteiger partial charge in [-0.05, 0) is 62.4 Å². The molecule has 1 saturated carbocycles. The molecule has 1 aliphatic carbocycles. The van der Waals surface area contributed by atoms with Gasteiger partial charge in [-0.3, -0.25) is 9.78 Å². The Bertz CT molecular complexity index is 1170. The third-order valence-corrected chi connectivity index (χ3v) is 5.08. The van der Waals surface area contributed by atoms with Gasteiger partial charge in [-0.25, -0.2) is 9.37 Å². The van der Waals surface area contributed by atoms with Gasteiger partial charge in [-0.1, -0.05) is 12.0 Å². The zero-order valence-electron chi connectivity index (χ0n) is 16.9. The standard InChI is InChI=1S/C24H22FN3O2/c1-16-12-21(30-15-23-22(25)4-3-11-26-23)13-24(29)28(16)17(2)19-8-10-20(27-14-19)9-7-18-5-6-18/h3-4,8,10-14,17-18H,5-6,15H2,1-2H3. The van der Waals surface area contributed by atoms with E-state index in [1.165, 1.54) is 37.2 Å². The molecule has 152 valence electrons. The van der Waals surface area contributed by atoms with Gasteiger partial charge in [0.1, 0.15) is 29.6 Å². The summed E-state index contributed by atoms with van der Waals surface area (Å²) in [5.41, 5.74) is 2.40. The zero-order chi connectivity index (χ0) is 21.1. The lowest BCUT2D eigenvalue weighted by atomic mass is 10.1. The Balaban J connectivity index is 1.50. The molecule has 0 radical (unpaired) electrons. The van der Waals surface area contributed by atoms with Crippen molar-refractivity contribution in [2.75, 3.05) is 0 Å². The lowest BCUT2D eigenvalue weighted by molar-refractivity contribution is 0.292. The van der Waals surface area contributed by atoms with Crippen LogP contribution in [-0.2, 0) is 6.61 Å². The third-order valence-electron chi connectivity index (χ3n) is 5.08. The number of nitrogens with zero attached hydrogens (tertiary/aromatic N) is 3. The Kier molecular flexibility index (Phi) is 5.62. The van der Waals surface area contributed by atoms with Gasteiger partial charge in [0, 0.05) is 30.1 Å². The van der Waals surface area contributed by atoms with Gasteiger partial charge in [0.25, 0.3) is 5.56 Å². The van der Waals surface area contributed by atoms with E-state index in [2.05, 4.69) is 21.8 Å². The number of rotatable bonds is 5. The Hall–Kier alpha value is -3.46. The van der Waals surface area contributed by atoms with Crippen LogP contribution in [0.4, 0.5) is 4.39 Å². The van der Waals surface area contributed by atoms with Crippen molar-refractivity contribution in [3.63, 3.8) is 0 Å². The molecule has 0 amide bonds. The fraction of sp³-hybridized carbons (Fsp3) is 0.292. The summed E-state index contributed by atoms with van der Waals surface area (Å²) in [4.78, 5) is 21.1. The van der Waals surface area contributed by atoms with E-state index in [4.69, 9.17) is 4.74 Å². The number of halogens is 1. The molecule has 30 heavy (non-hydrogen) atoms. The highest BCUT2D eigenvalue weighted by Gasteiger charge is 2.18. The first kappa shape index (κ1) is 19.8. The quantitative estimate of drug-likeness (QED) is 0.604. The second kappa shape index (κ2) is 8.50. The highest BCUT2D eigenvalue weighted by Crippen LogP contribution is 2.27. The minimum Gasteiger partial charge on any atom is -0.487 e. The van der Waals surface area contributed by atoms with Gasteiger partial charge >= 0.3 is 0 Å². The fourth-order valence-corrected chi connectivity index (χ4v) is 3.22. The monoisotopic (exact) mass is 403 g/mol. The first-order chi connectivity index (χ1) is 14.5. The molecule has 3 aromatic rings. The van der Waals surface area contributed by atoms with Crippen molar-refractivity contribution in [1.82, 2.24) is 14.5 Å². The number of ether oxygens (including phenoxy) is 1. The fourth-order valence-electron chi connectivity index (χ4n) is 3.22. The van der Waals surface area contributed by atoms with Crippen LogP contribution in [0.3, 0.4) is 0 Å². The lowest BCUT2D eigenvalue weighted by Gasteiger charge is -2.19. The van der Waals surface area contributed by atoms with E-state index in [1.54, 1.807) is 16.8 Å². The second-order valence-corrected chi connectivity index (χ2v) is 7.46. The van der Waals surface area contributed by atoms with Crippen LogP contribution in [0.5, 0.6) is 5.75 Å². The molecule has 6 heteroatoms. The van der Waals surface area contributed by atoms with Crippen molar-refractivity contribution in [1.29, 1.82) is 0 Å². The topological polar surface area (TPSA) is 57.0 Å². The summed E-state index contributed by atoms with van der Waals surface area (Å²) in [6.07, 6.45) is 5.63. The molecule has 4 rings (SSSR count). The maximum Gasteiger partial charge on any atom is 0.255 e. The van der Waals surface area contributed by atoms with Crippen molar-refractivity contribution in [3.8, 4) is 17.6 Å². The Morgan fingerprint density at radius 2 is 2.10 bits per heavy atom. The SMILES string of the molecule is Cc1cc(OCc2ncccc2F)cc(=O)n1C(C)c1ccc(C#CC2CC2)nc1. The molecule has 0 spiro atoms. The molecule has 5 nitrogen and oxygen atoms in total. The Morgan fingerprint density at radius 3 is 2.77 bits per heavy atom. The summed E-state index contributed by atoms with van der Waals surface area (Å²) >= 11 is 0. The molecule has 0 aliphatic heterocycles. The van der Waals surface area contributed by atoms with Crippen molar-refractivity contribution in [3.05, 3.63) is 87.6 Å². The van der Waals surface area contributed by atoms with Gasteiger partial charge in [0.15, 0.2) is 0 Å². The average molecular weight is 403 g/mol. The van der Waals surface area contributed by atoms with Crippen LogP contribution < -0.4 is 10.3 Å². The summed E-state index contributed by atoms with van der Waals surface area (Å²) in [5.74, 6) is 6.77. The molecule has 0 saturated heterocycles. The predicted molar refractivity (Wildman–Crippen MR) is 112 cm³/mol. The van der Waals surface area contributed by atoms with E-state index in [9.17, 15) is 9.18 Å². The van der Waals surface area contributed by atoms with Gasteiger partial charge < -0.3 is 9.30 Å². The summed E-state index contributed by atoms with van der Waals surface area (Å²) < 4.78 is 21.0. The predicted octanol–water partition coefficient (Wildman–Crippen LogP) is 4.04. The Morgan fingerprint density at radius 1 is 1.27 bits per heavy atom. The third kappa shape index (κ3) is 4.57. The molecule has 0 N–H and O–H groups in total. The van der Waals surface area contributed by atoms with E-state index >= 15 is 0 Å². The molecule has 0 bridgehead atoms. The zero-order valence-corrected chi connectivity index (χ0v) is 16.9. The van der Waals surface area contributed by atoms with Crippen molar-refractivity contribution in [2.45, 2.75) is 39.3 Å². The summed E-state index contributed by atoms with van der Waals surface area (Å²) in [6, 6.07) is 9.67. The second-order valence-electron chi connectivity index (χ2n) is 7.46. The largest absolute Gasteiger partial charge is 0.487 e. The van der Waals surface area contributed by atoms with Crippen LogP contribution in [0.15, 0.2) is 53.6 Å². The molecule has 3 aromatic heterocycles. The van der Waals surface area contributed by atoms with Crippen LogP contribution in [0.2, 0.25) is 0 Å². The van der Waals surface area contributed by atoms with Crippen molar-refractivity contribution < 1.29 is 9.13 Å². The number of hydrogen-bond donors (Lipinski definition) is 0. The van der Waals surface area contributed by atoms with Gasteiger partial charge in [-0.15, -0.1) is 0 Å². The van der Waals surface area contributed by atoms with Gasteiger partial charge in [-0.2, -0.15) is 0 Å². The van der Waals surface area contributed by atoms with E-state index in [1.807, 2.05) is 26.0 Å². The molecule has 3 heterocycles. The van der Waals surface area contributed by atoms with Crippen LogP contribution in [0.1, 0.15) is 48.5 Å². The highest BCUT2D eigenvalue weighted by atomic mass is 19.1. The first-order valence-electron chi connectivity index (χ1n) is 9.94. The van der Waals surface area contributed by atoms with E-state index in [0.29, 0.717) is 11.7 Å². The summed E-state index contributed by atoms with van der Waals surface area (Å²) in [5, 5.41) is 0. The highest BCUT2D eigenvalue weighted by molar-refractivity contribution is 5.32. The van der Waals surface area contributed by atoms with Crippen molar-refractivity contribution in [2.24, 2.45) is 5.92 Å². The molecule has 1 unspecified atom stereocenters. The molecule has 1 fully saturated rings. The molecular weight excluding hydrogens is 381 g/mol. The minimum absolute atomic E-state index is 0.0433. The van der Waals surface area contributed by atoms with E-state index in [0.717, 1.165) is 17.0 Å². The molecule has 1 aliphatic rings.